The SMILES string of the molecule is CCOC(=O)/C=C(/c1ccc(OC)cc1)c1ccccc1Cl. The molecule has 3 nitrogen and oxygen atoms in total. The Morgan fingerprint density at radius 2 is 1.82 bits per heavy atom. The van der Waals surface area contributed by atoms with E-state index in [-0.39, 0.29) is 0 Å². The van der Waals surface area contributed by atoms with Crippen LogP contribution >= 0.6 is 11.6 Å². The van der Waals surface area contributed by atoms with Crippen LogP contribution < -0.4 is 4.74 Å². The van der Waals surface area contributed by atoms with Crippen LogP contribution in [0.5, 0.6) is 5.75 Å². The molecule has 0 aliphatic rings. The fourth-order valence-electron chi connectivity index (χ4n) is 2.07. The summed E-state index contributed by atoms with van der Waals surface area (Å²) in [5.74, 6) is 0.353. The fourth-order valence-corrected chi connectivity index (χ4v) is 2.31. The number of methoxy groups -OCH3 is 1. The summed E-state index contributed by atoms with van der Waals surface area (Å²) in [7, 11) is 1.61. The van der Waals surface area contributed by atoms with Gasteiger partial charge in [0.25, 0.3) is 0 Å². The fraction of sp³-hybridized carbons (Fsp3) is 0.167. The van der Waals surface area contributed by atoms with Gasteiger partial charge in [0.15, 0.2) is 0 Å². The molecule has 0 aliphatic carbocycles. The molecule has 0 heterocycles. The molecule has 2 aromatic rings. The van der Waals surface area contributed by atoms with Crippen LogP contribution in [0.4, 0.5) is 0 Å². The van der Waals surface area contributed by atoms with Crippen molar-refractivity contribution in [1.82, 2.24) is 0 Å². The van der Waals surface area contributed by atoms with Crippen LogP contribution in [0, 0.1) is 0 Å². The van der Waals surface area contributed by atoms with E-state index >= 15 is 0 Å². The molecule has 0 amide bonds. The first-order chi connectivity index (χ1) is 10.7. The molecule has 114 valence electrons. The van der Waals surface area contributed by atoms with E-state index in [1.807, 2.05) is 42.5 Å². The van der Waals surface area contributed by atoms with Crippen LogP contribution in [-0.4, -0.2) is 19.7 Å². The second-order valence-electron chi connectivity index (χ2n) is 4.52. The lowest BCUT2D eigenvalue weighted by atomic mass is 9.97. The largest absolute Gasteiger partial charge is 0.497 e. The van der Waals surface area contributed by atoms with Crippen molar-refractivity contribution in [3.63, 3.8) is 0 Å². The van der Waals surface area contributed by atoms with Crippen molar-refractivity contribution in [3.8, 4) is 5.75 Å². The van der Waals surface area contributed by atoms with E-state index in [1.54, 1.807) is 20.1 Å². The van der Waals surface area contributed by atoms with Crippen LogP contribution in [0.25, 0.3) is 5.57 Å². The number of benzene rings is 2. The number of carbonyl (C=O) groups is 1. The number of hydrogen-bond donors (Lipinski definition) is 0. The third-order valence-electron chi connectivity index (χ3n) is 3.11. The predicted molar refractivity (Wildman–Crippen MR) is 88.2 cm³/mol. The molecule has 2 aromatic carbocycles. The Balaban J connectivity index is 2.50. The number of hydrogen-bond acceptors (Lipinski definition) is 3. The first-order valence-electron chi connectivity index (χ1n) is 6.93. The highest BCUT2D eigenvalue weighted by Gasteiger charge is 2.11. The molecular weight excluding hydrogens is 300 g/mol. The third-order valence-corrected chi connectivity index (χ3v) is 3.44. The molecule has 0 aromatic heterocycles. The summed E-state index contributed by atoms with van der Waals surface area (Å²) in [6.45, 7) is 2.10. The molecule has 0 bridgehead atoms. The van der Waals surface area contributed by atoms with Crippen molar-refractivity contribution in [3.05, 3.63) is 70.8 Å². The zero-order valence-electron chi connectivity index (χ0n) is 12.5. The van der Waals surface area contributed by atoms with E-state index < -0.39 is 5.97 Å². The van der Waals surface area contributed by atoms with Gasteiger partial charge in [0.1, 0.15) is 5.75 Å². The Morgan fingerprint density at radius 3 is 2.41 bits per heavy atom. The van der Waals surface area contributed by atoms with Gasteiger partial charge in [0, 0.05) is 16.7 Å². The van der Waals surface area contributed by atoms with Gasteiger partial charge in [-0.25, -0.2) is 4.79 Å². The Hall–Kier alpha value is -2.26. The quantitative estimate of drug-likeness (QED) is 0.608. The molecule has 0 saturated heterocycles. The predicted octanol–water partition coefficient (Wildman–Crippen LogP) is 4.34. The van der Waals surface area contributed by atoms with E-state index in [4.69, 9.17) is 21.1 Å². The molecule has 0 N–H and O–H groups in total. The normalized spacial score (nSPS) is 11.1. The first-order valence-corrected chi connectivity index (χ1v) is 7.31. The lowest BCUT2D eigenvalue weighted by Crippen LogP contribution is -2.02. The van der Waals surface area contributed by atoms with Crippen LogP contribution in [0.1, 0.15) is 18.1 Å². The maximum atomic E-state index is 11.9. The summed E-state index contributed by atoms with van der Waals surface area (Å²) in [5.41, 5.74) is 2.36. The Labute approximate surface area is 135 Å². The van der Waals surface area contributed by atoms with Gasteiger partial charge in [-0.3, -0.25) is 0 Å². The maximum Gasteiger partial charge on any atom is 0.331 e. The van der Waals surface area contributed by atoms with Crippen molar-refractivity contribution in [1.29, 1.82) is 0 Å². The molecule has 0 unspecified atom stereocenters. The standard InChI is InChI=1S/C18H17ClO3/c1-3-22-18(20)12-16(15-6-4-5-7-17(15)19)13-8-10-14(21-2)11-9-13/h4-12H,3H2,1-2H3/b16-12-. The van der Waals surface area contributed by atoms with Crippen molar-refractivity contribution in [2.45, 2.75) is 6.92 Å². The van der Waals surface area contributed by atoms with Gasteiger partial charge in [0.05, 0.1) is 13.7 Å². The summed E-state index contributed by atoms with van der Waals surface area (Å²) in [4.78, 5) is 11.9. The van der Waals surface area contributed by atoms with Crippen molar-refractivity contribution in [2.75, 3.05) is 13.7 Å². The Kier molecular flexibility index (Phi) is 5.61. The second-order valence-corrected chi connectivity index (χ2v) is 4.93. The highest BCUT2D eigenvalue weighted by atomic mass is 35.5. The number of esters is 1. The zero-order valence-corrected chi connectivity index (χ0v) is 13.3. The van der Waals surface area contributed by atoms with Gasteiger partial charge < -0.3 is 9.47 Å². The van der Waals surface area contributed by atoms with E-state index in [1.165, 1.54) is 6.08 Å². The van der Waals surface area contributed by atoms with E-state index in [9.17, 15) is 4.79 Å². The summed E-state index contributed by atoms with van der Waals surface area (Å²) >= 11 is 6.27. The highest BCUT2D eigenvalue weighted by Crippen LogP contribution is 2.30. The van der Waals surface area contributed by atoms with Crippen molar-refractivity contribution < 1.29 is 14.3 Å². The molecular formula is C18H17ClO3. The average molecular weight is 317 g/mol. The number of ether oxygens (including phenoxy) is 2. The van der Waals surface area contributed by atoms with Crippen LogP contribution in [0.2, 0.25) is 5.02 Å². The number of carbonyl (C=O) groups excluding carboxylic acids is 1. The molecule has 4 heteroatoms. The Morgan fingerprint density at radius 1 is 1.14 bits per heavy atom. The first kappa shape index (κ1) is 16.1. The lowest BCUT2D eigenvalue weighted by molar-refractivity contribution is -0.137. The third kappa shape index (κ3) is 3.89. The maximum absolute atomic E-state index is 11.9. The summed E-state index contributed by atoms with van der Waals surface area (Å²) in [6, 6.07) is 14.8. The van der Waals surface area contributed by atoms with E-state index in [0.29, 0.717) is 17.2 Å². The number of rotatable bonds is 5. The molecule has 0 saturated carbocycles. The minimum Gasteiger partial charge on any atom is -0.497 e. The molecule has 22 heavy (non-hydrogen) atoms. The molecule has 0 radical (unpaired) electrons. The minimum atomic E-state index is -0.395. The van der Waals surface area contributed by atoms with Crippen LogP contribution in [0.3, 0.4) is 0 Å². The monoisotopic (exact) mass is 316 g/mol. The van der Waals surface area contributed by atoms with Gasteiger partial charge in [-0.1, -0.05) is 41.9 Å². The molecule has 0 atom stereocenters. The van der Waals surface area contributed by atoms with Gasteiger partial charge in [-0.2, -0.15) is 0 Å². The molecule has 2 rings (SSSR count). The van der Waals surface area contributed by atoms with Crippen LogP contribution in [-0.2, 0) is 9.53 Å². The van der Waals surface area contributed by atoms with E-state index in [0.717, 1.165) is 16.9 Å². The average Bonchev–Trinajstić information content (AvgIpc) is 2.54. The summed E-state index contributed by atoms with van der Waals surface area (Å²) in [5, 5.41) is 0.578. The molecule has 0 aliphatic heterocycles. The van der Waals surface area contributed by atoms with Gasteiger partial charge >= 0.3 is 5.97 Å². The zero-order chi connectivity index (χ0) is 15.9. The van der Waals surface area contributed by atoms with E-state index in [2.05, 4.69) is 0 Å². The van der Waals surface area contributed by atoms with Crippen LogP contribution in [0.15, 0.2) is 54.6 Å². The van der Waals surface area contributed by atoms with Gasteiger partial charge in [0.2, 0.25) is 0 Å². The topological polar surface area (TPSA) is 35.5 Å². The smallest absolute Gasteiger partial charge is 0.331 e. The van der Waals surface area contributed by atoms with Gasteiger partial charge in [-0.05, 0) is 36.3 Å². The van der Waals surface area contributed by atoms with Crippen molar-refractivity contribution in [2.24, 2.45) is 0 Å². The van der Waals surface area contributed by atoms with Crippen molar-refractivity contribution >= 4 is 23.1 Å². The summed E-state index contributed by atoms with van der Waals surface area (Å²) < 4.78 is 10.2. The Bertz CT molecular complexity index is 675. The van der Waals surface area contributed by atoms with Gasteiger partial charge in [-0.15, -0.1) is 0 Å². The number of halogens is 1. The lowest BCUT2D eigenvalue weighted by Gasteiger charge is -2.11. The molecule has 0 spiro atoms. The molecule has 0 fully saturated rings. The summed E-state index contributed by atoms with van der Waals surface area (Å²) in [6.07, 6.45) is 1.46. The minimum absolute atomic E-state index is 0.327. The highest BCUT2D eigenvalue weighted by molar-refractivity contribution is 6.32. The second kappa shape index (κ2) is 7.66.